The van der Waals surface area contributed by atoms with Gasteiger partial charge in [-0.05, 0) is 25.8 Å². The van der Waals surface area contributed by atoms with Crippen molar-refractivity contribution in [2.45, 2.75) is 51.0 Å². The number of ether oxygens (including phenoxy) is 1. The van der Waals surface area contributed by atoms with Crippen molar-refractivity contribution >= 4 is 5.95 Å². The number of hydrogen-bond donors (Lipinski definition) is 1. The summed E-state index contributed by atoms with van der Waals surface area (Å²) in [5.41, 5.74) is 2.09. The molecule has 2 fully saturated rings. The van der Waals surface area contributed by atoms with E-state index < -0.39 is 0 Å². The Balaban J connectivity index is 1.42. The highest BCUT2D eigenvalue weighted by Crippen LogP contribution is 2.33. The maximum atomic E-state index is 5.67. The van der Waals surface area contributed by atoms with Crippen molar-refractivity contribution in [3.8, 4) is 0 Å². The topological polar surface area (TPSA) is 73.1 Å². The Morgan fingerprint density at radius 1 is 1.25 bits per heavy atom. The molecule has 0 unspecified atom stereocenters. The fraction of sp³-hybridized carbons (Fsp3) is 0.611. The van der Waals surface area contributed by atoms with E-state index in [1.807, 2.05) is 19.2 Å². The van der Waals surface area contributed by atoms with Crippen LogP contribution in [0.4, 0.5) is 5.95 Å². The Kier molecular flexibility index (Phi) is 4.47. The maximum absolute atomic E-state index is 5.67. The van der Waals surface area contributed by atoms with Gasteiger partial charge in [-0.15, -0.1) is 0 Å². The number of rotatable bonds is 5. The van der Waals surface area contributed by atoms with Crippen LogP contribution in [0.2, 0.25) is 0 Å². The molecule has 1 aliphatic carbocycles. The molecule has 0 bridgehead atoms. The van der Waals surface area contributed by atoms with E-state index in [4.69, 9.17) is 14.2 Å². The molecule has 2 atom stereocenters. The largest absolute Gasteiger partial charge is 0.379 e. The quantitative estimate of drug-likeness (QED) is 0.909. The lowest BCUT2D eigenvalue weighted by Gasteiger charge is -2.18. The fourth-order valence-electron chi connectivity index (χ4n) is 3.79. The third kappa shape index (κ3) is 3.43. The van der Waals surface area contributed by atoms with Crippen molar-refractivity contribution < 1.29 is 9.26 Å². The molecule has 2 aromatic rings. The third-order valence-corrected chi connectivity index (χ3v) is 5.10. The van der Waals surface area contributed by atoms with E-state index in [-0.39, 0.29) is 6.04 Å². The zero-order chi connectivity index (χ0) is 16.4. The highest BCUT2D eigenvalue weighted by molar-refractivity contribution is 5.29. The van der Waals surface area contributed by atoms with Crippen molar-refractivity contribution in [1.82, 2.24) is 15.1 Å². The van der Waals surface area contributed by atoms with E-state index in [1.54, 1.807) is 0 Å². The highest BCUT2D eigenvalue weighted by Gasteiger charge is 2.30. The van der Waals surface area contributed by atoms with Crippen LogP contribution in [-0.2, 0) is 11.2 Å². The Morgan fingerprint density at radius 2 is 2.12 bits per heavy atom. The summed E-state index contributed by atoms with van der Waals surface area (Å²) >= 11 is 0. The number of aryl methyl sites for hydroxylation is 1. The molecule has 1 N–H and O–H groups in total. The molecule has 2 aliphatic rings. The Labute approximate surface area is 142 Å². The lowest BCUT2D eigenvalue weighted by Crippen LogP contribution is -2.30. The second-order valence-corrected chi connectivity index (χ2v) is 6.97. The first-order valence-corrected chi connectivity index (χ1v) is 8.87. The number of nitrogens with zero attached hydrogens (tertiary/aromatic N) is 3. The van der Waals surface area contributed by atoms with Gasteiger partial charge in [0.25, 0.3) is 0 Å². The van der Waals surface area contributed by atoms with Crippen molar-refractivity contribution in [2.75, 3.05) is 18.5 Å². The van der Waals surface area contributed by atoms with E-state index in [0.717, 1.165) is 24.5 Å². The molecule has 1 aliphatic heterocycles. The third-order valence-electron chi connectivity index (χ3n) is 5.10. The molecular formula is C18H24N4O2. The summed E-state index contributed by atoms with van der Waals surface area (Å²) in [4.78, 5) is 9.16. The first kappa shape index (κ1) is 15.6. The second-order valence-electron chi connectivity index (χ2n) is 6.97. The summed E-state index contributed by atoms with van der Waals surface area (Å²) in [5, 5.41) is 7.44. The van der Waals surface area contributed by atoms with Crippen molar-refractivity contribution in [3.05, 3.63) is 35.5 Å². The van der Waals surface area contributed by atoms with Gasteiger partial charge >= 0.3 is 0 Å². The van der Waals surface area contributed by atoms with Gasteiger partial charge < -0.3 is 14.6 Å². The molecule has 0 amide bonds. The first-order chi connectivity index (χ1) is 11.8. The minimum atomic E-state index is 0.203. The van der Waals surface area contributed by atoms with E-state index in [0.29, 0.717) is 24.4 Å². The maximum Gasteiger partial charge on any atom is 0.223 e. The van der Waals surface area contributed by atoms with Crippen molar-refractivity contribution in [2.24, 2.45) is 5.92 Å². The summed E-state index contributed by atoms with van der Waals surface area (Å²) in [6.07, 6.45) is 7.81. The molecule has 128 valence electrons. The molecule has 4 rings (SSSR count). The van der Waals surface area contributed by atoms with Gasteiger partial charge in [0.15, 0.2) is 0 Å². The number of hydrogen-bond acceptors (Lipinski definition) is 6. The first-order valence-electron chi connectivity index (χ1n) is 8.87. The minimum absolute atomic E-state index is 0.203. The SMILES string of the molecule is Cc1cc(C[C@@H]2COC[C@@H]2Nc2nccc(C3CCCC3)n2)on1. The molecular weight excluding hydrogens is 304 g/mol. The van der Waals surface area contributed by atoms with E-state index in [1.165, 1.54) is 31.4 Å². The molecule has 0 radical (unpaired) electrons. The van der Waals surface area contributed by atoms with Gasteiger partial charge in [0.05, 0.1) is 24.9 Å². The van der Waals surface area contributed by atoms with Crippen LogP contribution >= 0.6 is 0 Å². The molecule has 6 nitrogen and oxygen atoms in total. The molecule has 24 heavy (non-hydrogen) atoms. The summed E-state index contributed by atoms with van der Waals surface area (Å²) in [5.74, 6) is 2.57. The van der Waals surface area contributed by atoms with Crippen LogP contribution in [0.1, 0.15) is 48.7 Å². The van der Waals surface area contributed by atoms with Gasteiger partial charge in [0.2, 0.25) is 5.95 Å². The zero-order valence-corrected chi connectivity index (χ0v) is 14.1. The smallest absolute Gasteiger partial charge is 0.223 e. The predicted molar refractivity (Wildman–Crippen MR) is 89.9 cm³/mol. The number of nitrogens with one attached hydrogen (secondary N) is 1. The molecule has 2 aromatic heterocycles. The fourth-order valence-corrected chi connectivity index (χ4v) is 3.79. The predicted octanol–water partition coefficient (Wildman–Crippen LogP) is 3.10. The Bertz CT molecular complexity index is 681. The Morgan fingerprint density at radius 3 is 2.92 bits per heavy atom. The van der Waals surface area contributed by atoms with Gasteiger partial charge in [-0.3, -0.25) is 0 Å². The van der Waals surface area contributed by atoms with Gasteiger partial charge in [0.1, 0.15) is 5.76 Å². The average Bonchev–Trinajstić information content (AvgIpc) is 3.32. The van der Waals surface area contributed by atoms with E-state index >= 15 is 0 Å². The summed E-state index contributed by atoms with van der Waals surface area (Å²) in [6, 6.07) is 4.25. The van der Waals surface area contributed by atoms with Crippen LogP contribution in [0.3, 0.4) is 0 Å². The standard InChI is InChI=1S/C18H24N4O2/c1-12-8-15(24-22-12)9-14-10-23-11-17(14)21-18-19-7-6-16(20-18)13-4-2-3-5-13/h6-8,13-14,17H,2-5,9-11H2,1H3,(H,19,20,21)/t14-,17+/m1/s1. The summed E-state index contributed by atoms with van der Waals surface area (Å²) in [7, 11) is 0. The number of anilines is 1. The average molecular weight is 328 g/mol. The van der Waals surface area contributed by atoms with Crippen LogP contribution in [-0.4, -0.2) is 34.4 Å². The molecule has 0 aromatic carbocycles. The van der Waals surface area contributed by atoms with Crippen LogP contribution in [0.25, 0.3) is 0 Å². The van der Waals surface area contributed by atoms with Crippen LogP contribution in [0.15, 0.2) is 22.9 Å². The van der Waals surface area contributed by atoms with E-state index in [2.05, 4.69) is 21.5 Å². The summed E-state index contributed by atoms with van der Waals surface area (Å²) < 4.78 is 11.0. The van der Waals surface area contributed by atoms with Gasteiger partial charge in [0, 0.05) is 36.2 Å². The lowest BCUT2D eigenvalue weighted by molar-refractivity contribution is 0.183. The van der Waals surface area contributed by atoms with Crippen molar-refractivity contribution in [1.29, 1.82) is 0 Å². The molecule has 1 saturated heterocycles. The highest BCUT2D eigenvalue weighted by atomic mass is 16.5. The Hall–Kier alpha value is -1.95. The molecule has 6 heteroatoms. The normalized spacial score (nSPS) is 24.5. The van der Waals surface area contributed by atoms with Gasteiger partial charge in [-0.25, -0.2) is 9.97 Å². The molecule has 3 heterocycles. The summed E-state index contributed by atoms with van der Waals surface area (Å²) in [6.45, 7) is 3.34. The molecule has 0 spiro atoms. The van der Waals surface area contributed by atoms with E-state index in [9.17, 15) is 0 Å². The number of aromatic nitrogens is 3. The zero-order valence-electron chi connectivity index (χ0n) is 14.1. The van der Waals surface area contributed by atoms with Crippen LogP contribution in [0, 0.1) is 12.8 Å². The van der Waals surface area contributed by atoms with Crippen molar-refractivity contribution in [3.63, 3.8) is 0 Å². The van der Waals surface area contributed by atoms with Gasteiger partial charge in [-0.2, -0.15) is 0 Å². The molecule has 1 saturated carbocycles. The lowest BCUT2D eigenvalue weighted by atomic mass is 9.98. The van der Waals surface area contributed by atoms with Crippen LogP contribution < -0.4 is 5.32 Å². The monoisotopic (exact) mass is 328 g/mol. The minimum Gasteiger partial charge on any atom is -0.379 e. The van der Waals surface area contributed by atoms with Gasteiger partial charge in [-0.1, -0.05) is 18.0 Å². The van der Waals surface area contributed by atoms with Crippen LogP contribution in [0.5, 0.6) is 0 Å². The second kappa shape index (κ2) is 6.89.